The minimum atomic E-state index is -0.292. The summed E-state index contributed by atoms with van der Waals surface area (Å²) in [7, 11) is 2.14. The molecule has 0 radical (unpaired) electrons. The summed E-state index contributed by atoms with van der Waals surface area (Å²) in [6.07, 6.45) is 0. The number of carbonyl (C=O) groups is 1. The number of nitrogens with zero attached hydrogens (tertiary/aromatic N) is 2. The van der Waals surface area contributed by atoms with Gasteiger partial charge in [-0.05, 0) is 44.7 Å². The zero-order valence-corrected chi connectivity index (χ0v) is 14.2. The number of amides is 1. The summed E-state index contributed by atoms with van der Waals surface area (Å²) < 4.78 is 13.1. The smallest absolute Gasteiger partial charge is 0.238 e. The van der Waals surface area contributed by atoms with Crippen molar-refractivity contribution in [2.45, 2.75) is 19.9 Å². The molecule has 1 aromatic rings. The Morgan fingerprint density at radius 2 is 2.00 bits per heavy atom. The molecule has 5 nitrogen and oxygen atoms in total. The summed E-state index contributed by atoms with van der Waals surface area (Å²) in [4.78, 5) is 16.7. The highest BCUT2D eigenvalue weighted by molar-refractivity contribution is 5.92. The molecule has 0 bridgehead atoms. The van der Waals surface area contributed by atoms with Crippen LogP contribution in [0.3, 0.4) is 0 Å². The molecule has 1 heterocycles. The SMILES string of the molecule is Cc1cc(F)ccc1NC(=O)CNC(C)CN1CCN(C)CC1. The fourth-order valence-electron chi connectivity index (χ4n) is 2.71. The molecule has 1 saturated heterocycles. The van der Waals surface area contributed by atoms with Gasteiger partial charge < -0.3 is 15.5 Å². The van der Waals surface area contributed by atoms with Crippen molar-refractivity contribution in [2.24, 2.45) is 0 Å². The zero-order chi connectivity index (χ0) is 16.8. The Morgan fingerprint density at radius 1 is 1.30 bits per heavy atom. The van der Waals surface area contributed by atoms with Crippen LogP contribution >= 0.6 is 0 Å². The highest BCUT2D eigenvalue weighted by atomic mass is 19.1. The molecule has 0 spiro atoms. The monoisotopic (exact) mass is 322 g/mol. The topological polar surface area (TPSA) is 47.6 Å². The lowest BCUT2D eigenvalue weighted by atomic mass is 10.2. The van der Waals surface area contributed by atoms with Crippen molar-refractivity contribution in [1.82, 2.24) is 15.1 Å². The fourth-order valence-corrected chi connectivity index (χ4v) is 2.71. The molecule has 1 aromatic carbocycles. The van der Waals surface area contributed by atoms with Crippen LogP contribution in [0.5, 0.6) is 0 Å². The van der Waals surface area contributed by atoms with E-state index in [2.05, 4.69) is 34.4 Å². The first-order valence-electron chi connectivity index (χ1n) is 8.14. The Bertz CT molecular complexity index is 529. The number of piperazine rings is 1. The van der Waals surface area contributed by atoms with Gasteiger partial charge in [0.2, 0.25) is 5.91 Å². The van der Waals surface area contributed by atoms with E-state index in [9.17, 15) is 9.18 Å². The van der Waals surface area contributed by atoms with Crippen molar-refractivity contribution in [3.05, 3.63) is 29.6 Å². The maximum absolute atomic E-state index is 13.1. The van der Waals surface area contributed by atoms with Gasteiger partial charge in [-0.2, -0.15) is 0 Å². The molecule has 1 unspecified atom stereocenters. The van der Waals surface area contributed by atoms with Gasteiger partial charge in [0.15, 0.2) is 0 Å². The van der Waals surface area contributed by atoms with Gasteiger partial charge in [-0.3, -0.25) is 9.69 Å². The van der Waals surface area contributed by atoms with Crippen LogP contribution in [0.2, 0.25) is 0 Å². The number of benzene rings is 1. The van der Waals surface area contributed by atoms with E-state index in [1.54, 1.807) is 13.0 Å². The molecule has 2 rings (SSSR count). The molecule has 1 aliphatic rings. The van der Waals surface area contributed by atoms with Gasteiger partial charge in [0.25, 0.3) is 0 Å². The molecule has 1 atom stereocenters. The number of halogens is 1. The van der Waals surface area contributed by atoms with E-state index in [0.717, 1.165) is 38.3 Å². The Morgan fingerprint density at radius 3 is 2.65 bits per heavy atom. The van der Waals surface area contributed by atoms with Gasteiger partial charge in [0.1, 0.15) is 5.82 Å². The maximum Gasteiger partial charge on any atom is 0.238 e. The standard InChI is InChI=1S/C17H27FN4O/c1-13-10-15(18)4-5-16(13)20-17(23)11-19-14(2)12-22-8-6-21(3)7-9-22/h4-5,10,14,19H,6-9,11-12H2,1-3H3,(H,20,23). The molecular weight excluding hydrogens is 295 g/mol. The van der Waals surface area contributed by atoms with Crippen LogP contribution in [0, 0.1) is 12.7 Å². The van der Waals surface area contributed by atoms with Crippen LogP contribution in [0.25, 0.3) is 0 Å². The van der Waals surface area contributed by atoms with Crippen LogP contribution in [0.4, 0.5) is 10.1 Å². The van der Waals surface area contributed by atoms with Crippen LogP contribution in [-0.4, -0.2) is 68.1 Å². The van der Waals surface area contributed by atoms with Gasteiger partial charge in [0.05, 0.1) is 6.54 Å². The Hall–Kier alpha value is -1.50. The summed E-state index contributed by atoms with van der Waals surface area (Å²) in [6, 6.07) is 4.61. The van der Waals surface area contributed by atoms with Crippen molar-refractivity contribution in [3.8, 4) is 0 Å². The lowest BCUT2D eigenvalue weighted by Crippen LogP contribution is -2.49. The molecule has 128 valence electrons. The van der Waals surface area contributed by atoms with E-state index < -0.39 is 0 Å². The van der Waals surface area contributed by atoms with Gasteiger partial charge in [0, 0.05) is 44.5 Å². The van der Waals surface area contributed by atoms with Crippen LogP contribution < -0.4 is 10.6 Å². The van der Waals surface area contributed by atoms with Gasteiger partial charge in [-0.1, -0.05) is 0 Å². The number of anilines is 1. The quantitative estimate of drug-likeness (QED) is 0.829. The number of carbonyl (C=O) groups excluding carboxylic acids is 1. The number of likely N-dealkylation sites (N-methyl/N-ethyl adjacent to an activating group) is 1. The summed E-state index contributed by atoms with van der Waals surface area (Å²) >= 11 is 0. The molecule has 2 N–H and O–H groups in total. The number of hydrogen-bond donors (Lipinski definition) is 2. The number of nitrogens with one attached hydrogen (secondary N) is 2. The molecule has 0 aliphatic carbocycles. The summed E-state index contributed by atoms with van der Waals surface area (Å²) in [5.74, 6) is -0.399. The van der Waals surface area contributed by atoms with Crippen LogP contribution in [-0.2, 0) is 4.79 Å². The largest absolute Gasteiger partial charge is 0.325 e. The molecule has 23 heavy (non-hydrogen) atoms. The molecule has 1 amide bonds. The van der Waals surface area contributed by atoms with Gasteiger partial charge in [-0.15, -0.1) is 0 Å². The first kappa shape index (κ1) is 17.8. The first-order valence-corrected chi connectivity index (χ1v) is 8.14. The average molecular weight is 322 g/mol. The molecule has 6 heteroatoms. The summed E-state index contributed by atoms with van der Waals surface area (Å²) in [6.45, 7) is 9.40. The van der Waals surface area contributed by atoms with Crippen molar-refractivity contribution in [2.75, 3.05) is 51.6 Å². The third-order valence-electron chi connectivity index (χ3n) is 4.20. The van der Waals surface area contributed by atoms with Gasteiger partial charge in [-0.25, -0.2) is 4.39 Å². The van der Waals surface area contributed by atoms with Crippen molar-refractivity contribution in [3.63, 3.8) is 0 Å². The highest BCUT2D eigenvalue weighted by Crippen LogP contribution is 2.15. The highest BCUT2D eigenvalue weighted by Gasteiger charge is 2.16. The minimum Gasteiger partial charge on any atom is -0.325 e. The fraction of sp³-hybridized carbons (Fsp3) is 0.588. The number of hydrogen-bond acceptors (Lipinski definition) is 4. The predicted molar refractivity (Wildman–Crippen MR) is 91.2 cm³/mol. The Labute approximate surface area is 137 Å². The predicted octanol–water partition coefficient (Wildman–Crippen LogP) is 1.30. The lowest BCUT2D eigenvalue weighted by molar-refractivity contribution is -0.115. The third kappa shape index (κ3) is 5.89. The second kappa shape index (κ2) is 8.38. The van der Waals surface area contributed by atoms with Gasteiger partial charge >= 0.3 is 0 Å². The van der Waals surface area contributed by atoms with E-state index >= 15 is 0 Å². The Kier molecular flexibility index (Phi) is 6.50. The number of aryl methyl sites for hydroxylation is 1. The third-order valence-corrected chi connectivity index (χ3v) is 4.20. The van der Waals surface area contributed by atoms with E-state index in [4.69, 9.17) is 0 Å². The minimum absolute atomic E-state index is 0.107. The molecule has 1 fully saturated rings. The van der Waals surface area contributed by atoms with E-state index in [-0.39, 0.29) is 24.3 Å². The van der Waals surface area contributed by atoms with Crippen molar-refractivity contribution in [1.29, 1.82) is 0 Å². The summed E-state index contributed by atoms with van der Waals surface area (Å²) in [5.41, 5.74) is 1.38. The van der Waals surface area contributed by atoms with Crippen molar-refractivity contribution < 1.29 is 9.18 Å². The van der Waals surface area contributed by atoms with Crippen LogP contribution in [0.1, 0.15) is 12.5 Å². The maximum atomic E-state index is 13.1. The second-order valence-electron chi connectivity index (χ2n) is 6.39. The zero-order valence-electron chi connectivity index (χ0n) is 14.2. The molecule has 0 saturated carbocycles. The Balaban J connectivity index is 1.71. The molecule has 0 aromatic heterocycles. The lowest BCUT2D eigenvalue weighted by Gasteiger charge is -2.34. The van der Waals surface area contributed by atoms with E-state index in [1.165, 1.54) is 12.1 Å². The average Bonchev–Trinajstić information content (AvgIpc) is 2.50. The van der Waals surface area contributed by atoms with Crippen LogP contribution in [0.15, 0.2) is 18.2 Å². The molecule has 1 aliphatic heterocycles. The normalized spacial score (nSPS) is 17.9. The summed E-state index contributed by atoms with van der Waals surface area (Å²) in [5, 5.41) is 6.06. The number of rotatable bonds is 6. The molecular formula is C17H27FN4O. The van der Waals surface area contributed by atoms with E-state index in [0.29, 0.717) is 5.69 Å². The second-order valence-corrected chi connectivity index (χ2v) is 6.39. The van der Waals surface area contributed by atoms with Crippen molar-refractivity contribution >= 4 is 11.6 Å². The van der Waals surface area contributed by atoms with E-state index in [1.807, 2.05) is 0 Å². The first-order chi connectivity index (χ1) is 10.9.